The highest BCUT2D eigenvalue weighted by atomic mass is 35.5. The van der Waals surface area contributed by atoms with Gasteiger partial charge in [0.25, 0.3) is 5.78 Å². The number of primary amides is 1. The zero-order valence-corrected chi connectivity index (χ0v) is 10.6. The number of nitrogens with zero attached hydrogens (tertiary/aromatic N) is 4. The predicted octanol–water partition coefficient (Wildman–Crippen LogP) is 0.764. The van der Waals surface area contributed by atoms with Crippen molar-refractivity contribution in [2.75, 3.05) is 11.9 Å². The van der Waals surface area contributed by atoms with E-state index in [1.165, 1.54) is 6.33 Å². The van der Waals surface area contributed by atoms with Gasteiger partial charge in [-0.1, -0.05) is 11.6 Å². The molecule has 0 atom stereocenters. The van der Waals surface area contributed by atoms with Gasteiger partial charge in [-0.15, -0.1) is 0 Å². The number of carbonyl (C=O) groups is 1. The van der Waals surface area contributed by atoms with E-state index in [-0.39, 0.29) is 5.91 Å². The Labute approximate surface area is 108 Å². The van der Waals surface area contributed by atoms with E-state index in [9.17, 15) is 4.79 Å². The zero-order valence-electron chi connectivity index (χ0n) is 9.85. The summed E-state index contributed by atoms with van der Waals surface area (Å²) < 4.78 is 1.57. The molecular formula is C10H13ClN6O. The minimum absolute atomic E-state index is 0.313. The third-order valence-electron chi connectivity index (χ3n) is 2.50. The summed E-state index contributed by atoms with van der Waals surface area (Å²) in [6.07, 6.45) is 2.39. The average molecular weight is 269 g/mol. The van der Waals surface area contributed by atoms with Crippen molar-refractivity contribution in [2.24, 2.45) is 5.73 Å². The van der Waals surface area contributed by atoms with Gasteiger partial charge in [-0.2, -0.15) is 19.6 Å². The van der Waals surface area contributed by atoms with E-state index in [2.05, 4.69) is 20.4 Å². The van der Waals surface area contributed by atoms with Crippen molar-refractivity contribution in [3.63, 3.8) is 0 Å². The van der Waals surface area contributed by atoms with Gasteiger partial charge in [0.15, 0.2) is 0 Å². The van der Waals surface area contributed by atoms with Gasteiger partial charge in [0.1, 0.15) is 17.3 Å². The first-order valence-corrected chi connectivity index (χ1v) is 5.85. The van der Waals surface area contributed by atoms with E-state index in [0.717, 1.165) is 11.4 Å². The number of fused-ring (bicyclic) bond motifs is 1. The van der Waals surface area contributed by atoms with Crippen molar-refractivity contribution in [3.05, 3.63) is 17.0 Å². The Balaban J connectivity index is 2.18. The molecule has 96 valence electrons. The molecule has 2 heterocycles. The molecule has 3 N–H and O–H groups in total. The lowest BCUT2D eigenvalue weighted by atomic mass is 10.3. The Kier molecular flexibility index (Phi) is 3.61. The van der Waals surface area contributed by atoms with Gasteiger partial charge in [-0.05, 0) is 13.3 Å². The number of carbonyl (C=O) groups excluding carboxylic acids is 1. The summed E-state index contributed by atoms with van der Waals surface area (Å²) in [7, 11) is 0. The molecule has 0 unspecified atom stereocenters. The number of anilines is 1. The molecule has 0 fully saturated rings. The molecule has 2 rings (SSSR count). The van der Waals surface area contributed by atoms with Gasteiger partial charge in [-0.25, -0.2) is 0 Å². The van der Waals surface area contributed by atoms with E-state index in [1.54, 1.807) is 4.52 Å². The summed E-state index contributed by atoms with van der Waals surface area (Å²) in [5.41, 5.74) is 5.86. The van der Waals surface area contributed by atoms with Crippen LogP contribution in [0.2, 0.25) is 5.15 Å². The lowest BCUT2D eigenvalue weighted by molar-refractivity contribution is -0.118. The summed E-state index contributed by atoms with van der Waals surface area (Å²) in [6.45, 7) is 2.44. The van der Waals surface area contributed by atoms with Crippen molar-refractivity contribution >= 4 is 29.1 Å². The fraction of sp³-hybridized carbons (Fsp3) is 0.400. The molecule has 2 aromatic heterocycles. The predicted molar refractivity (Wildman–Crippen MR) is 67.4 cm³/mol. The van der Waals surface area contributed by atoms with E-state index in [0.29, 0.717) is 30.3 Å². The van der Waals surface area contributed by atoms with Crippen LogP contribution < -0.4 is 11.1 Å². The van der Waals surface area contributed by atoms with Crippen LogP contribution in [0.3, 0.4) is 0 Å². The van der Waals surface area contributed by atoms with Crippen molar-refractivity contribution in [3.8, 4) is 0 Å². The second kappa shape index (κ2) is 5.18. The maximum atomic E-state index is 10.6. The Morgan fingerprint density at radius 1 is 1.61 bits per heavy atom. The monoisotopic (exact) mass is 268 g/mol. The number of rotatable bonds is 5. The molecule has 0 saturated carbocycles. The van der Waals surface area contributed by atoms with Gasteiger partial charge in [0.2, 0.25) is 5.91 Å². The fourth-order valence-electron chi connectivity index (χ4n) is 1.57. The molecule has 0 spiro atoms. The average Bonchev–Trinajstić information content (AvgIpc) is 2.76. The minimum atomic E-state index is -0.313. The number of hydrogen-bond donors (Lipinski definition) is 2. The van der Waals surface area contributed by atoms with E-state index in [1.807, 2.05) is 6.92 Å². The summed E-state index contributed by atoms with van der Waals surface area (Å²) in [6, 6.07) is 0. The number of hydrogen-bond acceptors (Lipinski definition) is 5. The SMILES string of the molecule is Cc1c(Cl)nc2ncnn2c1NCCCC(N)=O. The normalized spacial score (nSPS) is 10.8. The zero-order chi connectivity index (χ0) is 13.1. The van der Waals surface area contributed by atoms with Gasteiger partial charge in [0.05, 0.1) is 0 Å². The number of nitrogens with two attached hydrogens (primary N) is 1. The van der Waals surface area contributed by atoms with Crippen LogP contribution in [0.25, 0.3) is 5.78 Å². The number of halogens is 1. The molecule has 0 aromatic carbocycles. The molecule has 0 aliphatic heterocycles. The van der Waals surface area contributed by atoms with E-state index >= 15 is 0 Å². The van der Waals surface area contributed by atoms with Gasteiger partial charge >= 0.3 is 0 Å². The number of nitrogens with one attached hydrogen (secondary N) is 1. The fourth-order valence-corrected chi connectivity index (χ4v) is 1.74. The van der Waals surface area contributed by atoms with Crippen LogP contribution in [0.5, 0.6) is 0 Å². The maximum absolute atomic E-state index is 10.6. The first-order chi connectivity index (χ1) is 8.59. The van der Waals surface area contributed by atoms with E-state index < -0.39 is 0 Å². The summed E-state index contributed by atoms with van der Waals surface area (Å²) in [4.78, 5) is 18.7. The molecule has 0 aliphatic carbocycles. The topological polar surface area (TPSA) is 98.2 Å². The Hall–Kier alpha value is -1.89. The molecule has 7 nitrogen and oxygen atoms in total. The molecule has 18 heavy (non-hydrogen) atoms. The third kappa shape index (κ3) is 2.51. The van der Waals surface area contributed by atoms with Crippen molar-refractivity contribution < 1.29 is 4.79 Å². The van der Waals surface area contributed by atoms with Gasteiger partial charge in [0, 0.05) is 18.5 Å². The van der Waals surface area contributed by atoms with Gasteiger partial charge < -0.3 is 11.1 Å². The molecule has 8 heteroatoms. The molecule has 1 amide bonds. The molecule has 0 aliphatic rings. The van der Waals surface area contributed by atoms with Crippen LogP contribution in [-0.4, -0.2) is 32.0 Å². The largest absolute Gasteiger partial charge is 0.370 e. The highest BCUT2D eigenvalue weighted by Gasteiger charge is 2.11. The standard InChI is InChI=1S/C10H13ClN6O/c1-6-8(11)16-10-14-5-15-17(10)9(6)13-4-2-3-7(12)18/h5,13H,2-4H2,1H3,(H2,12,18). The Morgan fingerprint density at radius 3 is 3.11 bits per heavy atom. The summed E-state index contributed by atoms with van der Waals surface area (Å²) in [5, 5.41) is 7.61. The quantitative estimate of drug-likeness (QED) is 0.616. The number of amides is 1. The van der Waals surface area contributed by atoms with Gasteiger partial charge in [-0.3, -0.25) is 4.79 Å². The van der Waals surface area contributed by atoms with Crippen molar-refractivity contribution in [2.45, 2.75) is 19.8 Å². The maximum Gasteiger partial charge on any atom is 0.255 e. The minimum Gasteiger partial charge on any atom is -0.370 e. The first-order valence-electron chi connectivity index (χ1n) is 5.47. The molecule has 2 aromatic rings. The van der Waals surface area contributed by atoms with Crippen LogP contribution in [0.15, 0.2) is 6.33 Å². The smallest absolute Gasteiger partial charge is 0.255 e. The van der Waals surface area contributed by atoms with Crippen LogP contribution in [0.1, 0.15) is 18.4 Å². The molecule has 0 radical (unpaired) electrons. The summed E-state index contributed by atoms with van der Waals surface area (Å²) in [5.74, 6) is 0.849. The Bertz CT molecular complexity index is 581. The molecule has 0 bridgehead atoms. The van der Waals surface area contributed by atoms with Crippen molar-refractivity contribution in [1.82, 2.24) is 19.6 Å². The van der Waals surface area contributed by atoms with E-state index in [4.69, 9.17) is 17.3 Å². The highest BCUT2D eigenvalue weighted by Crippen LogP contribution is 2.21. The lowest BCUT2D eigenvalue weighted by Crippen LogP contribution is -2.14. The van der Waals surface area contributed by atoms with Crippen LogP contribution in [0, 0.1) is 6.92 Å². The van der Waals surface area contributed by atoms with Crippen LogP contribution in [-0.2, 0) is 4.79 Å². The number of aromatic nitrogens is 4. The second-order valence-electron chi connectivity index (χ2n) is 3.84. The highest BCUT2D eigenvalue weighted by molar-refractivity contribution is 6.30. The van der Waals surface area contributed by atoms with Crippen LogP contribution in [0.4, 0.5) is 5.82 Å². The first kappa shape index (κ1) is 12.6. The lowest BCUT2D eigenvalue weighted by Gasteiger charge is -2.11. The second-order valence-corrected chi connectivity index (χ2v) is 4.20. The summed E-state index contributed by atoms with van der Waals surface area (Å²) >= 11 is 6.01. The molecule has 0 saturated heterocycles. The Morgan fingerprint density at radius 2 is 2.39 bits per heavy atom. The third-order valence-corrected chi connectivity index (χ3v) is 2.86. The van der Waals surface area contributed by atoms with Crippen LogP contribution >= 0.6 is 11.6 Å². The van der Waals surface area contributed by atoms with Crippen molar-refractivity contribution in [1.29, 1.82) is 0 Å². The molecular weight excluding hydrogens is 256 g/mol.